The van der Waals surface area contributed by atoms with Gasteiger partial charge in [0.2, 0.25) is 26.4 Å². The van der Waals surface area contributed by atoms with Crippen molar-refractivity contribution in [2.24, 2.45) is 0 Å². The van der Waals surface area contributed by atoms with Crippen molar-refractivity contribution in [3.63, 3.8) is 0 Å². The Morgan fingerprint density at radius 3 is 1.88 bits per heavy atom. The molecule has 0 atom stereocenters. The van der Waals surface area contributed by atoms with E-state index in [-0.39, 0.29) is 26.3 Å². The molecule has 0 amide bonds. The summed E-state index contributed by atoms with van der Waals surface area (Å²) in [5.74, 6) is 0.165. The van der Waals surface area contributed by atoms with Crippen molar-refractivity contribution in [3.8, 4) is 0 Å². The normalized spacial score (nSPS) is 11.2. The SMILES string of the molecule is O=S(=O)(c1ccccc1)c1ccc(Nc2nc(Cl)nc(Cl)n2)cc1. The van der Waals surface area contributed by atoms with Crippen molar-refractivity contribution >= 4 is 44.7 Å². The average Bonchev–Trinajstić information content (AvgIpc) is 2.55. The van der Waals surface area contributed by atoms with Gasteiger partial charge in [-0.3, -0.25) is 0 Å². The molecule has 24 heavy (non-hydrogen) atoms. The minimum atomic E-state index is -3.55. The Balaban J connectivity index is 1.86. The van der Waals surface area contributed by atoms with Crippen LogP contribution < -0.4 is 5.32 Å². The third-order valence-corrected chi connectivity index (χ3v) is 5.18. The molecule has 0 spiro atoms. The summed E-state index contributed by atoms with van der Waals surface area (Å²) in [4.78, 5) is 11.8. The Morgan fingerprint density at radius 1 is 0.750 bits per heavy atom. The Hall–Kier alpha value is -2.22. The molecule has 0 unspecified atom stereocenters. The highest BCUT2D eigenvalue weighted by atomic mass is 35.5. The first kappa shape index (κ1) is 16.6. The van der Waals surface area contributed by atoms with E-state index < -0.39 is 9.84 Å². The van der Waals surface area contributed by atoms with Gasteiger partial charge in [-0.25, -0.2) is 8.42 Å². The molecular weight excluding hydrogens is 371 g/mol. The number of aromatic nitrogens is 3. The van der Waals surface area contributed by atoms with Crippen molar-refractivity contribution in [1.29, 1.82) is 0 Å². The maximum Gasteiger partial charge on any atom is 0.232 e. The van der Waals surface area contributed by atoms with Crippen molar-refractivity contribution in [1.82, 2.24) is 15.0 Å². The molecule has 0 bridgehead atoms. The fraction of sp³-hybridized carbons (Fsp3) is 0. The lowest BCUT2D eigenvalue weighted by Gasteiger charge is -2.07. The Labute approximate surface area is 148 Å². The molecule has 0 saturated heterocycles. The predicted molar refractivity (Wildman–Crippen MR) is 91.5 cm³/mol. The van der Waals surface area contributed by atoms with Crippen LogP contribution in [0.25, 0.3) is 0 Å². The van der Waals surface area contributed by atoms with Crippen molar-refractivity contribution in [2.75, 3.05) is 5.32 Å². The second kappa shape index (κ2) is 6.72. The smallest absolute Gasteiger partial charge is 0.232 e. The number of hydrogen-bond donors (Lipinski definition) is 1. The molecule has 1 aromatic heterocycles. The standard InChI is InChI=1S/C15H10Cl2N4O2S/c16-13-19-14(17)21-15(20-13)18-10-6-8-12(9-7-10)24(22,23)11-4-2-1-3-5-11/h1-9H,(H,18,19,20,21). The largest absolute Gasteiger partial charge is 0.324 e. The molecule has 0 fully saturated rings. The van der Waals surface area contributed by atoms with Gasteiger partial charge in [-0.2, -0.15) is 15.0 Å². The number of sulfone groups is 1. The molecule has 6 nitrogen and oxygen atoms in total. The van der Waals surface area contributed by atoms with E-state index in [0.29, 0.717) is 5.69 Å². The van der Waals surface area contributed by atoms with Crippen LogP contribution in [-0.2, 0) is 9.84 Å². The summed E-state index contributed by atoms with van der Waals surface area (Å²) in [7, 11) is -3.55. The molecule has 0 saturated carbocycles. The molecule has 0 aliphatic heterocycles. The highest BCUT2D eigenvalue weighted by Crippen LogP contribution is 2.23. The van der Waals surface area contributed by atoms with Gasteiger partial charge < -0.3 is 5.32 Å². The molecule has 2 aromatic carbocycles. The monoisotopic (exact) mass is 380 g/mol. The lowest BCUT2D eigenvalue weighted by molar-refractivity contribution is 0.596. The van der Waals surface area contributed by atoms with Gasteiger partial charge in [-0.1, -0.05) is 18.2 Å². The molecular formula is C15H10Cl2N4O2S. The van der Waals surface area contributed by atoms with Gasteiger partial charge in [0, 0.05) is 5.69 Å². The Morgan fingerprint density at radius 2 is 1.29 bits per heavy atom. The topological polar surface area (TPSA) is 84.8 Å². The summed E-state index contributed by atoms with van der Waals surface area (Å²) < 4.78 is 25.0. The maximum atomic E-state index is 12.5. The number of nitrogens with one attached hydrogen (secondary N) is 1. The number of benzene rings is 2. The van der Waals surface area contributed by atoms with E-state index in [4.69, 9.17) is 23.2 Å². The van der Waals surface area contributed by atoms with Gasteiger partial charge in [-0.05, 0) is 59.6 Å². The lowest BCUT2D eigenvalue weighted by Crippen LogP contribution is -2.03. The van der Waals surface area contributed by atoms with Crippen LogP contribution in [0.4, 0.5) is 11.6 Å². The Bertz CT molecular complexity index is 944. The fourth-order valence-corrected chi connectivity index (χ4v) is 3.61. The third-order valence-electron chi connectivity index (χ3n) is 3.06. The molecule has 9 heteroatoms. The third kappa shape index (κ3) is 3.64. The summed E-state index contributed by atoms with van der Waals surface area (Å²) >= 11 is 11.4. The zero-order chi connectivity index (χ0) is 17.2. The van der Waals surface area contributed by atoms with Crippen LogP contribution in [0.1, 0.15) is 0 Å². The van der Waals surface area contributed by atoms with E-state index in [0.717, 1.165) is 0 Å². The second-order valence-corrected chi connectivity index (χ2v) is 7.29. The molecule has 0 aliphatic rings. The minimum absolute atomic E-state index is 0.0409. The van der Waals surface area contributed by atoms with Crippen LogP contribution in [0.15, 0.2) is 64.4 Å². The van der Waals surface area contributed by atoms with E-state index in [2.05, 4.69) is 20.3 Å². The summed E-state index contributed by atoms with van der Waals surface area (Å²) in [5, 5.41) is 2.80. The van der Waals surface area contributed by atoms with Gasteiger partial charge in [0.1, 0.15) is 0 Å². The Kier molecular flexibility index (Phi) is 4.66. The summed E-state index contributed by atoms with van der Waals surface area (Å²) in [6.07, 6.45) is 0. The van der Waals surface area contributed by atoms with E-state index >= 15 is 0 Å². The summed E-state index contributed by atoms with van der Waals surface area (Å²) in [6, 6.07) is 14.4. The second-order valence-electron chi connectivity index (χ2n) is 4.66. The van der Waals surface area contributed by atoms with Crippen molar-refractivity contribution in [2.45, 2.75) is 9.79 Å². The van der Waals surface area contributed by atoms with E-state index in [1.807, 2.05) is 0 Å². The lowest BCUT2D eigenvalue weighted by atomic mass is 10.3. The van der Waals surface area contributed by atoms with Gasteiger partial charge in [0.25, 0.3) is 0 Å². The molecule has 122 valence electrons. The highest BCUT2D eigenvalue weighted by molar-refractivity contribution is 7.91. The van der Waals surface area contributed by atoms with Gasteiger partial charge in [-0.15, -0.1) is 0 Å². The van der Waals surface area contributed by atoms with Crippen LogP contribution in [0.3, 0.4) is 0 Å². The number of halogens is 2. The molecule has 3 aromatic rings. The number of hydrogen-bond acceptors (Lipinski definition) is 6. The van der Waals surface area contributed by atoms with E-state index in [9.17, 15) is 8.42 Å². The van der Waals surface area contributed by atoms with Gasteiger partial charge in [0.15, 0.2) is 0 Å². The number of nitrogens with zero attached hydrogens (tertiary/aromatic N) is 3. The predicted octanol–water partition coefficient (Wildman–Crippen LogP) is 3.75. The van der Waals surface area contributed by atoms with Gasteiger partial charge in [0.05, 0.1) is 9.79 Å². The van der Waals surface area contributed by atoms with E-state index in [1.165, 1.54) is 12.1 Å². The molecule has 1 N–H and O–H groups in total. The number of anilines is 2. The molecule has 0 aliphatic carbocycles. The summed E-state index contributed by atoms with van der Waals surface area (Å²) in [6.45, 7) is 0. The van der Waals surface area contributed by atoms with Crippen LogP contribution in [-0.4, -0.2) is 23.4 Å². The van der Waals surface area contributed by atoms with Gasteiger partial charge >= 0.3 is 0 Å². The zero-order valence-electron chi connectivity index (χ0n) is 12.0. The summed E-state index contributed by atoms with van der Waals surface area (Å²) in [5.41, 5.74) is 0.584. The van der Waals surface area contributed by atoms with Crippen LogP contribution >= 0.6 is 23.2 Å². The van der Waals surface area contributed by atoms with Crippen molar-refractivity contribution in [3.05, 3.63) is 65.2 Å². The maximum absolute atomic E-state index is 12.5. The van der Waals surface area contributed by atoms with E-state index in [1.54, 1.807) is 42.5 Å². The number of rotatable bonds is 4. The van der Waals surface area contributed by atoms with Crippen LogP contribution in [0, 0.1) is 0 Å². The molecule has 3 rings (SSSR count). The average molecular weight is 381 g/mol. The quantitative estimate of drug-likeness (QED) is 0.741. The molecule has 1 heterocycles. The van der Waals surface area contributed by atoms with Crippen LogP contribution in [0.2, 0.25) is 10.6 Å². The highest BCUT2D eigenvalue weighted by Gasteiger charge is 2.16. The van der Waals surface area contributed by atoms with Crippen molar-refractivity contribution < 1.29 is 8.42 Å². The minimum Gasteiger partial charge on any atom is -0.324 e. The molecule has 0 radical (unpaired) electrons. The first-order chi connectivity index (χ1) is 11.4. The first-order valence-electron chi connectivity index (χ1n) is 6.69. The first-order valence-corrected chi connectivity index (χ1v) is 8.93. The van der Waals surface area contributed by atoms with Crippen LogP contribution in [0.5, 0.6) is 0 Å². The zero-order valence-corrected chi connectivity index (χ0v) is 14.3. The fourth-order valence-electron chi connectivity index (χ4n) is 1.96.